The fourth-order valence-electron chi connectivity index (χ4n) is 2.70. The lowest BCUT2D eigenvalue weighted by molar-refractivity contribution is -0.119. The number of hydrogen-bond acceptors (Lipinski definition) is 6. The minimum atomic E-state index is -3.89. The van der Waals surface area contributed by atoms with Crippen molar-refractivity contribution in [3.63, 3.8) is 0 Å². The van der Waals surface area contributed by atoms with Gasteiger partial charge in [0.25, 0.3) is 10.0 Å². The fourth-order valence-corrected chi connectivity index (χ4v) is 4.81. The molecule has 0 saturated heterocycles. The van der Waals surface area contributed by atoms with Crippen molar-refractivity contribution in [1.82, 2.24) is 9.71 Å². The number of aromatic nitrogens is 1. The number of nitrogens with one attached hydrogen (secondary N) is 1. The van der Waals surface area contributed by atoms with Gasteiger partial charge in [-0.25, -0.2) is 18.1 Å². The van der Waals surface area contributed by atoms with Gasteiger partial charge in [0.1, 0.15) is 5.75 Å². The van der Waals surface area contributed by atoms with Gasteiger partial charge in [0.15, 0.2) is 0 Å². The van der Waals surface area contributed by atoms with Crippen LogP contribution in [0.1, 0.15) is 23.4 Å². The molecule has 0 bridgehead atoms. The van der Waals surface area contributed by atoms with Crippen molar-refractivity contribution in [2.24, 2.45) is 0 Å². The van der Waals surface area contributed by atoms with Gasteiger partial charge in [-0.1, -0.05) is 12.1 Å². The minimum Gasteiger partial charge on any atom is -0.496 e. The van der Waals surface area contributed by atoms with Crippen molar-refractivity contribution in [2.45, 2.75) is 31.1 Å². The molecule has 3 aromatic rings. The number of rotatable bonds is 7. The molecule has 0 spiro atoms. The van der Waals surface area contributed by atoms with E-state index >= 15 is 0 Å². The van der Waals surface area contributed by atoms with Gasteiger partial charge in [0.2, 0.25) is 5.91 Å². The first-order valence-corrected chi connectivity index (χ1v) is 10.7. The van der Waals surface area contributed by atoms with Crippen LogP contribution in [-0.2, 0) is 21.2 Å². The Morgan fingerprint density at radius 3 is 2.70 bits per heavy atom. The van der Waals surface area contributed by atoms with Crippen molar-refractivity contribution in [1.29, 1.82) is 0 Å². The van der Waals surface area contributed by atoms with Gasteiger partial charge in [0.05, 0.1) is 27.2 Å². The van der Waals surface area contributed by atoms with E-state index < -0.39 is 15.9 Å². The molecule has 0 radical (unpaired) electrons. The quantitative estimate of drug-likeness (QED) is 0.652. The molecule has 1 aromatic heterocycles. The Balaban J connectivity index is 1.57. The highest BCUT2D eigenvalue weighted by atomic mass is 32.2. The van der Waals surface area contributed by atoms with Crippen molar-refractivity contribution < 1.29 is 17.9 Å². The largest absolute Gasteiger partial charge is 0.496 e. The number of aryl methyl sites for hydroxylation is 2. The predicted octanol–water partition coefficient (Wildman–Crippen LogP) is 3.44. The smallest absolute Gasteiger partial charge is 0.264 e. The van der Waals surface area contributed by atoms with Crippen molar-refractivity contribution in [3.8, 4) is 5.75 Å². The maximum absolute atomic E-state index is 12.4. The minimum absolute atomic E-state index is 0.0420. The maximum atomic E-state index is 12.4. The number of thiazole rings is 1. The summed E-state index contributed by atoms with van der Waals surface area (Å²) in [5, 5.41) is 0.942. The number of nitrogens with zero attached hydrogens (tertiary/aromatic N) is 1. The highest BCUT2D eigenvalue weighted by Crippen LogP contribution is 2.23. The van der Waals surface area contributed by atoms with E-state index in [1.54, 1.807) is 24.3 Å². The Bertz CT molecular complexity index is 1040. The lowest BCUT2D eigenvalue weighted by Crippen LogP contribution is -2.30. The summed E-state index contributed by atoms with van der Waals surface area (Å²) in [6.45, 7) is 1.75. The number of carbonyl (C=O) groups excluding carboxylic acids is 1. The van der Waals surface area contributed by atoms with Gasteiger partial charge in [-0.2, -0.15) is 0 Å². The van der Waals surface area contributed by atoms with Crippen LogP contribution in [0.2, 0.25) is 0 Å². The zero-order chi connectivity index (χ0) is 19.4. The predicted molar refractivity (Wildman–Crippen MR) is 106 cm³/mol. The first kappa shape index (κ1) is 19.3. The summed E-state index contributed by atoms with van der Waals surface area (Å²) in [4.78, 5) is 16.6. The van der Waals surface area contributed by atoms with Crippen LogP contribution in [0.15, 0.2) is 47.4 Å². The number of amides is 1. The monoisotopic (exact) mass is 404 g/mol. The highest BCUT2D eigenvalue weighted by molar-refractivity contribution is 7.90. The average Bonchev–Trinajstić information content (AvgIpc) is 3.04. The van der Waals surface area contributed by atoms with Crippen molar-refractivity contribution in [3.05, 3.63) is 53.0 Å². The Kier molecular flexibility index (Phi) is 5.76. The van der Waals surface area contributed by atoms with Crippen LogP contribution in [-0.4, -0.2) is 26.4 Å². The molecular weight excluding hydrogens is 384 g/mol. The average molecular weight is 405 g/mol. The molecule has 0 aliphatic heterocycles. The van der Waals surface area contributed by atoms with E-state index in [9.17, 15) is 13.2 Å². The van der Waals surface area contributed by atoms with Crippen LogP contribution >= 0.6 is 11.3 Å². The van der Waals surface area contributed by atoms with Gasteiger partial charge in [-0.05, 0) is 55.7 Å². The first-order chi connectivity index (χ1) is 12.9. The van der Waals surface area contributed by atoms with Gasteiger partial charge in [-0.15, -0.1) is 11.3 Å². The van der Waals surface area contributed by atoms with E-state index in [1.807, 2.05) is 24.3 Å². The number of carbonyl (C=O) groups is 1. The third-order valence-electron chi connectivity index (χ3n) is 4.06. The number of hydrogen-bond donors (Lipinski definition) is 1. The Labute approximate surface area is 162 Å². The Morgan fingerprint density at radius 1 is 1.22 bits per heavy atom. The molecular formula is C19H20N2O4S2. The number of para-hydroxylation sites is 1. The van der Waals surface area contributed by atoms with Crippen molar-refractivity contribution >= 4 is 37.5 Å². The number of ether oxygens (including phenoxy) is 1. The standard InChI is InChI=1S/C19H20N2O4S2/c1-13-12-14(10-11-16(13)25-2)27(23,24)21-18(22)8-5-9-19-20-15-6-3-4-7-17(15)26-19/h3-4,6-7,10-12H,5,8-9H2,1-2H3,(H,21,22). The summed E-state index contributed by atoms with van der Waals surface area (Å²) in [5.41, 5.74) is 1.63. The summed E-state index contributed by atoms with van der Waals surface area (Å²) in [5.74, 6) is 0.0701. The SMILES string of the molecule is COc1ccc(S(=O)(=O)NC(=O)CCCc2nc3ccccc3s2)cc1C. The third-order valence-corrected chi connectivity index (χ3v) is 6.52. The molecule has 0 saturated carbocycles. The van der Waals surface area contributed by atoms with E-state index in [4.69, 9.17) is 4.74 Å². The van der Waals surface area contributed by atoms with Crippen LogP contribution < -0.4 is 9.46 Å². The van der Waals surface area contributed by atoms with Crippen molar-refractivity contribution in [2.75, 3.05) is 7.11 Å². The zero-order valence-corrected chi connectivity index (χ0v) is 16.7. The molecule has 27 heavy (non-hydrogen) atoms. The van der Waals surface area contributed by atoms with Crippen LogP contribution in [0.5, 0.6) is 5.75 Å². The molecule has 0 atom stereocenters. The molecule has 0 aliphatic carbocycles. The van der Waals surface area contributed by atoms with Crippen LogP contribution in [0.4, 0.5) is 0 Å². The van der Waals surface area contributed by atoms with E-state index in [0.29, 0.717) is 24.2 Å². The van der Waals surface area contributed by atoms with E-state index in [-0.39, 0.29) is 11.3 Å². The van der Waals surface area contributed by atoms with Crippen LogP contribution in [0.25, 0.3) is 10.2 Å². The summed E-state index contributed by atoms with van der Waals surface area (Å²) in [6.07, 6.45) is 1.28. The van der Waals surface area contributed by atoms with E-state index in [2.05, 4.69) is 9.71 Å². The summed E-state index contributed by atoms with van der Waals surface area (Å²) in [6, 6.07) is 12.3. The second-order valence-electron chi connectivity index (χ2n) is 6.09. The lowest BCUT2D eigenvalue weighted by atomic mass is 10.2. The Hall–Kier alpha value is -2.45. The lowest BCUT2D eigenvalue weighted by Gasteiger charge is -2.09. The zero-order valence-electron chi connectivity index (χ0n) is 15.1. The third kappa shape index (κ3) is 4.64. The Morgan fingerprint density at radius 2 is 2.00 bits per heavy atom. The van der Waals surface area contributed by atoms with Gasteiger partial charge in [-0.3, -0.25) is 4.79 Å². The maximum Gasteiger partial charge on any atom is 0.264 e. The molecule has 1 heterocycles. The summed E-state index contributed by atoms with van der Waals surface area (Å²) >= 11 is 1.59. The molecule has 1 amide bonds. The molecule has 6 nitrogen and oxygen atoms in total. The second-order valence-corrected chi connectivity index (χ2v) is 8.89. The second kappa shape index (κ2) is 8.06. The topological polar surface area (TPSA) is 85.4 Å². The number of sulfonamides is 1. The molecule has 0 aliphatic rings. The van der Waals surface area contributed by atoms with Crippen LogP contribution in [0.3, 0.4) is 0 Å². The summed E-state index contributed by atoms with van der Waals surface area (Å²) < 4.78 is 33.1. The highest BCUT2D eigenvalue weighted by Gasteiger charge is 2.18. The normalized spacial score (nSPS) is 11.5. The number of fused-ring (bicyclic) bond motifs is 1. The fraction of sp³-hybridized carbons (Fsp3) is 0.263. The first-order valence-electron chi connectivity index (χ1n) is 8.44. The van der Waals surface area contributed by atoms with Gasteiger partial charge >= 0.3 is 0 Å². The number of methoxy groups -OCH3 is 1. The van der Waals surface area contributed by atoms with Gasteiger partial charge < -0.3 is 4.74 Å². The number of benzene rings is 2. The molecule has 8 heteroatoms. The van der Waals surface area contributed by atoms with Crippen LogP contribution in [0, 0.1) is 6.92 Å². The summed E-state index contributed by atoms with van der Waals surface area (Å²) in [7, 11) is -2.37. The molecule has 3 rings (SSSR count). The molecule has 1 N–H and O–H groups in total. The van der Waals surface area contributed by atoms with E-state index in [0.717, 1.165) is 15.2 Å². The molecule has 142 valence electrons. The molecule has 2 aromatic carbocycles. The van der Waals surface area contributed by atoms with Gasteiger partial charge in [0, 0.05) is 6.42 Å². The van der Waals surface area contributed by atoms with E-state index in [1.165, 1.54) is 19.2 Å². The molecule has 0 fully saturated rings. The molecule has 0 unspecified atom stereocenters.